The molecule has 1 atom stereocenters. The summed E-state index contributed by atoms with van der Waals surface area (Å²) in [5.41, 5.74) is 9.23. The van der Waals surface area contributed by atoms with Crippen molar-refractivity contribution in [2.45, 2.75) is 25.3 Å². The predicted molar refractivity (Wildman–Crippen MR) is 39.7 cm³/mol. The molecule has 11 heavy (non-hydrogen) atoms. The molecule has 1 heterocycles. The Kier molecular flexibility index (Phi) is 1.51. The van der Waals surface area contributed by atoms with Gasteiger partial charge in [-0.2, -0.15) is 0 Å². The summed E-state index contributed by atoms with van der Waals surface area (Å²) in [5.74, 6) is -0.431. The average Bonchev–Trinajstić information content (AvgIpc) is 2.18. The van der Waals surface area contributed by atoms with Gasteiger partial charge in [-0.05, 0) is 6.92 Å². The molecule has 5 nitrogen and oxygen atoms in total. The summed E-state index contributed by atoms with van der Waals surface area (Å²) >= 11 is 0. The zero-order valence-electron chi connectivity index (χ0n) is 6.33. The van der Waals surface area contributed by atoms with E-state index in [0.29, 0.717) is 17.6 Å². The number of amides is 1. The molecule has 0 spiro atoms. The summed E-state index contributed by atoms with van der Waals surface area (Å²) in [6, 6.07) is 0. The fraction of sp³-hybridized carbons (Fsp3) is 0.667. The molecule has 0 aromatic carbocycles. The van der Waals surface area contributed by atoms with Gasteiger partial charge in [-0.1, -0.05) is 0 Å². The highest BCUT2D eigenvalue weighted by Gasteiger charge is 2.41. The summed E-state index contributed by atoms with van der Waals surface area (Å²) in [6.45, 7) is 1.50. The van der Waals surface area contributed by atoms with E-state index in [1.54, 1.807) is 0 Å². The van der Waals surface area contributed by atoms with Gasteiger partial charge in [-0.15, -0.1) is 0 Å². The third-order valence-corrected chi connectivity index (χ3v) is 2.11. The first-order chi connectivity index (χ1) is 4.98. The van der Waals surface area contributed by atoms with E-state index in [1.807, 2.05) is 0 Å². The Balaban J connectivity index is 3.01. The van der Waals surface area contributed by atoms with Gasteiger partial charge in [0.1, 0.15) is 0 Å². The smallest absolute Gasteiger partial charge is 0.265 e. The summed E-state index contributed by atoms with van der Waals surface area (Å²) in [4.78, 5) is 10.8. The SMILES string of the molecule is CC1(C(N)=O)CCC(N)=[N+]1[O-]. The third kappa shape index (κ3) is 0.923. The van der Waals surface area contributed by atoms with Crippen LogP contribution in [0.3, 0.4) is 0 Å². The second kappa shape index (κ2) is 2.11. The van der Waals surface area contributed by atoms with Gasteiger partial charge in [0.25, 0.3) is 5.91 Å². The van der Waals surface area contributed by atoms with E-state index < -0.39 is 11.4 Å². The lowest BCUT2D eigenvalue weighted by molar-refractivity contribution is -0.519. The van der Waals surface area contributed by atoms with Crippen molar-refractivity contribution in [2.24, 2.45) is 11.5 Å². The number of amidine groups is 1. The minimum atomic E-state index is -1.12. The molecule has 1 aliphatic heterocycles. The molecule has 1 unspecified atom stereocenters. The van der Waals surface area contributed by atoms with Gasteiger partial charge in [0.2, 0.25) is 5.84 Å². The van der Waals surface area contributed by atoms with E-state index >= 15 is 0 Å². The molecule has 1 rings (SSSR count). The molecule has 0 aromatic heterocycles. The standard InChI is InChI=1S/C6H11N3O2/c1-6(5(8)10)3-2-4(7)9(6)11/h2-3,7H2,1H3,(H2,8,10). The number of nitrogens with two attached hydrogens (primary N) is 2. The largest absolute Gasteiger partial charge is 0.715 e. The Morgan fingerprint density at radius 3 is 2.55 bits per heavy atom. The fourth-order valence-corrected chi connectivity index (χ4v) is 1.11. The normalized spacial score (nSPS) is 31.0. The van der Waals surface area contributed by atoms with Crippen LogP contribution in [0.4, 0.5) is 0 Å². The van der Waals surface area contributed by atoms with Crippen molar-refractivity contribution < 1.29 is 9.53 Å². The average molecular weight is 157 g/mol. The second-order valence-electron chi connectivity index (χ2n) is 2.92. The first-order valence-corrected chi connectivity index (χ1v) is 3.37. The van der Waals surface area contributed by atoms with Gasteiger partial charge in [0.15, 0.2) is 5.54 Å². The molecule has 0 fully saturated rings. The van der Waals surface area contributed by atoms with Crippen LogP contribution in [-0.2, 0) is 4.79 Å². The van der Waals surface area contributed by atoms with Crippen molar-refractivity contribution >= 4 is 11.7 Å². The quantitative estimate of drug-likeness (QED) is 0.373. The Morgan fingerprint density at radius 2 is 2.36 bits per heavy atom. The Morgan fingerprint density at radius 1 is 1.82 bits per heavy atom. The zero-order chi connectivity index (χ0) is 8.65. The highest BCUT2D eigenvalue weighted by atomic mass is 16.5. The maximum absolute atomic E-state index is 11.1. The number of nitrogens with zero attached hydrogens (tertiary/aromatic N) is 1. The molecule has 0 radical (unpaired) electrons. The third-order valence-electron chi connectivity index (χ3n) is 2.11. The molecule has 4 N–H and O–H groups in total. The zero-order valence-corrected chi connectivity index (χ0v) is 6.33. The van der Waals surface area contributed by atoms with Crippen LogP contribution in [0.5, 0.6) is 0 Å². The van der Waals surface area contributed by atoms with Crippen LogP contribution in [0, 0.1) is 5.21 Å². The summed E-state index contributed by atoms with van der Waals surface area (Å²) < 4.78 is 0.509. The van der Waals surface area contributed by atoms with Crippen molar-refractivity contribution in [3.05, 3.63) is 5.21 Å². The van der Waals surface area contributed by atoms with Crippen molar-refractivity contribution in [2.75, 3.05) is 0 Å². The van der Waals surface area contributed by atoms with Gasteiger partial charge in [0.05, 0.1) is 6.42 Å². The van der Waals surface area contributed by atoms with Gasteiger partial charge < -0.3 is 10.9 Å². The molecule has 62 valence electrons. The number of hydrogen-bond acceptors (Lipinski definition) is 3. The molecule has 1 amide bonds. The molecule has 0 aliphatic carbocycles. The minimum absolute atomic E-state index is 0.186. The maximum atomic E-state index is 11.1. The van der Waals surface area contributed by atoms with Crippen molar-refractivity contribution in [3.63, 3.8) is 0 Å². The van der Waals surface area contributed by atoms with Crippen LogP contribution in [0.1, 0.15) is 19.8 Å². The van der Waals surface area contributed by atoms with Crippen LogP contribution in [-0.4, -0.2) is 22.0 Å². The van der Waals surface area contributed by atoms with E-state index in [0.717, 1.165) is 0 Å². The topological polar surface area (TPSA) is 95.2 Å². The lowest BCUT2D eigenvalue weighted by Gasteiger charge is -2.24. The van der Waals surface area contributed by atoms with Gasteiger partial charge in [-0.3, -0.25) is 15.3 Å². The van der Waals surface area contributed by atoms with Crippen LogP contribution in [0.2, 0.25) is 0 Å². The van der Waals surface area contributed by atoms with E-state index in [-0.39, 0.29) is 5.84 Å². The van der Waals surface area contributed by atoms with Crippen molar-refractivity contribution in [3.8, 4) is 0 Å². The molecular weight excluding hydrogens is 146 g/mol. The summed E-state index contributed by atoms with van der Waals surface area (Å²) in [6.07, 6.45) is 0.862. The summed E-state index contributed by atoms with van der Waals surface area (Å²) in [7, 11) is 0. The van der Waals surface area contributed by atoms with E-state index in [1.165, 1.54) is 6.92 Å². The van der Waals surface area contributed by atoms with E-state index in [9.17, 15) is 10.0 Å². The highest BCUT2D eigenvalue weighted by molar-refractivity contribution is 5.87. The molecule has 0 bridgehead atoms. The Hall–Kier alpha value is -1.26. The highest BCUT2D eigenvalue weighted by Crippen LogP contribution is 2.22. The molecule has 5 heteroatoms. The maximum Gasteiger partial charge on any atom is 0.265 e. The number of primary amides is 1. The number of rotatable bonds is 1. The Labute approximate surface area is 64.3 Å². The summed E-state index contributed by atoms with van der Waals surface area (Å²) in [5, 5.41) is 11.1. The van der Waals surface area contributed by atoms with Gasteiger partial charge in [0, 0.05) is 6.42 Å². The molecule has 0 aromatic rings. The molecular formula is C6H11N3O2. The number of hydrogen-bond donors (Lipinski definition) is 2. The Bertz CT molecular complexity index is 236. The molecule has 0 saturated carbocycles. The van der Waals surface area contributed by atoms with E-state index in [4.69, 9.17) is 11.5 Å². The second-order valence-corrected chi connectivity index (χ2v) is 2.92. The van der Waals surface area contributed by atoms with Crippen LogP contribution < -0.4 is 11.5 Å². The first-order valence-electron chi connectivity index (χ1n) is 3.37. The van der Waals surface area contributed by atoms with Crippen LogP contribution in [0.25, 0.3) is 0 Å². The number of hydroxylamine groups is 1. The molecule has 1 aliphatic rings. The van der Waals surface area contributed by atoms with Gasteiger partial charge in [-0.25, -0.2) is 0 Å². The van der Waals surface area contributed by atoms with Gasteiger partial charge >= 0.3 is 0 Å². The van der Waals surface area contributed by atoms with Crippen LogP contribution in [0.15, 0.2) is 0 Å². The predicted octanol–water partition coefficient (Wildman–Crippen LogP) is -1.11. The minimum Gasteiger partial charge on any atom is -0.715 e. The fourth-order valence-electron chi connectivity index (χ4n) is 1.11. The van der Waals surface area contributed by atoms with Crippen LogP contribution >= 0.6 is 0 Å². The van der Waals surface area contributed by atoms with Crippen molar-refractivity contribution in [1.82, 2.24) is 0 Å². The number of carbonyl (C=O) groups excluding carboxylic acids is 1. The molecule has 0 saturated heterocycles. The van der Waals surface area contributed by atoms with Crippen molar-refractivity contribution in [1.29, 1.82) is 0 Å². The first kappa shape index (κ1) is 7.84. The monoisotopic (exact) mass is 157 g/mol. The van der Waals surface area contributed by atoms with E-state index in [2.05, 4.69) is 0 Å². The lowest BCUT2D eigenvalue weighted by atomic mass is 9.99. The lowest BCUT2D eigenvalue weighted by Crippen LogP contribution is -2.47. The number of carbonyl (C=O) groups is 1.